The van der Waals surface area contributed by atoms with Gasteiger partial charge in [0, 0.05) is 43.1 Å². The Kier molecular flexibility index (Phi) is 6.08. The van der Waals surface area contributed by atoms with Crippen molar-refractivity contribution >= 4 is 23.2 Å². The van der Waals surface area contributed by atoms with Gasteiger partial charge in [0.1, 0.15) is 6.04 Å². The van der Waals surface area contributed by atoms with Crippen LogP contribution in [0.5, 0.6) is 0 Å². The van der Waals surface area contributed by atoms with Crippen LogP contribution in [0.3, 0.4) is 0 Å². The van der Waals surface area contributed by atoms with Crippen molar-refractivity contribution in [1.82, 2.24) is 10.2 Å². The highest BCUT2D eigenvalue weighted by atomic mass is 16.2. The molecule has 27 heavy (non-hydrogen) atoms. The van der Waals surface area contributed by atoms with Gasteiger partial charge in [0.25, 0.3) is 5.91 Å². The quantitative estimate of drug-likeness (QED) is 0.851. The molecule has 6 heteroatoms. The predicted octanol–water partition coefficient (Wildman–Crippen LogP) is 2.20. The molecule has 2 amide bonds. The SMILES string of the molecule is CC(NC(=O)c1ccccc1)C(=O)Nc1ccc(N2CCN(C)CC2)cc1. The number of amides is 2. The van der Waals surface area contributed by atoms with Crippen molar-refractivity contribution in [3.05, 3.63) is 60.2 Å². The molecule has 0 bridgehead atoms. The Morgan fingerprint density at radius 3 is 2.19 bits per heavy atom. The molecule has 0 aliphatic carbocycles. The van der Waals surface area contributed by atoms with Gasteiger partial charge in [0.2, 0.25) is 5.91 Å². The fourth-order valence-electron chi connectivity index (χ4n) is 3.01. The van der Waals surface area contributed by atoms with Crippen molar-refractivity contribution < 1.29 is 9.59 Å². The molecule has 2 N–H and O–H groups in total. The van der Waals surface area contributed by atoms with Crippen molar-refractivity contribution in [2.45, 2.75) is 13.0 Å². The molecular weight excluding hydrogens is 340 g/mol. The minimum absolute atomic E-state index is 0.244. The lowest BCUT2D eigenvalue weighted by molar-refractivity contribution is -0.117. The Morgan fingerprint density at radius 1 is 0.926 bits per heavy atom. The van der Waals surface area contributed by atoms with E-state index >= 15 is 0 Å². The average Bonchev–Trinajstić information content (AvgIpc) is 2.70. The monoisotopic (exact) mass is 366 g/mol. The van der Waals surface area contributed by atoms with Gasteiger partial charge in [-0.15, -0.1) is 0 Å². The zero-order valence-corrected chi connectivity index (χ0v) is 15.8. The van der Waals surface area contributed by atoms with Crippen molar-refractivity contribution in [3.63, 3.8) is 0 Å². The molecule has 2 aromatic carbocycles. The van der Waals surface area contributed by atoms with Gasteiger partial charge in [-0.3, -0.25) is 9.59 Å². The summed E-state index contributed by atoms with van der Waals surface area (Å²) in [6.45, 7) is 5.79. The fourth-order valence-corrected chi connectivity index (χ4v) is 3.01. The zero-order chi connectivity index (χ0) is 19.2. The largest absolute Gasteiger partial charge is 0.369 e. The molecule has 1 heterocycles. The Balaban J connectivity index is 1.53. The van der Waals surface area contributed by atoms with Crippen LogP contribution in [0, 0.1) is 0 Å². The number of carbonyl (C=O) groups excluding carboxylic acids is 2. The number of benzene rings is 2. The van der Waals surface area contributed by atoms with Crippen LogP contribution in [0.2, 0.25) is 0 Å². The summed E-state index contributed by atoms with van der Waals surface area (Å²) in [4.78, 5) is 29.2. The number of anilines is 2. The molecular formula is C21H26N4O2. The van der Waals surface area contributed by atoms with Crippen LogP contribution < -0.4 is 15.5 Å². The first kappa shape index (κ1) is 18.9. The topological polar surface area (TPSA) is 64.7 Å². The maximum Gasteiger partial charge on any atom is 0.251 e. The molecule has 1 fully saturated rings. The van der Waals surface area contributed by atoms with Crippen LogP contribution in [0.25, 0.3) is 0 Å². The van der Waals surface area contributed by atoms with Crippen LogP contribution in [0.15, 0.2) is 54.6 Å². The van der Waals surface area contributed by atoms with Gasteiger partial charge in [0.05, 0.1) is 0 Å². The first-order valence-corrected chi connectivity index (χ1v) is 9.23. The van der Waals surface area contributed by atoms with E-state index in [1.165, 1.54) is 0 Å². The number of hydrogen-bond donors (Lipinski definition) is 2. The summed E-state index contributed by atoms with van der Waals surface area (Å²) in [5.41, 5.74) is 2.42. The molecule has 1 aliphatic heterocycles. The summed E-state index contributed by atoms with van der Waals surface area (Å²) in [5, 5.41) is 5.57. The van der Waals surface area contributed by atoms with Crippen LogP contribution in [-0.2, 0) is 4.79 Å². The van der Waals surface area contributed by atoms with Crippen molar-refractivity contribution in [2.24, 2.45) is 0 Å². The highest BCUT2D eigenvalue weighted by Gasteiger charge is 2.17. The lowest BCUT2D eigenvalue weighted by Crippen LogP contribution is -2.44. The van der Waals surface area contributed by atoms with Crippen LogP contribution in [-0.4, -0.2) is 56.0 Å². The standard InChI is InChI=1S/C21H26N4O2/c1-16(22-21(27)17-6-4-3-5-7-17)20(26)23-18-8-10-19(11-9-18)25-14-12-24(2)13-15-25/h3-11,16H,12-15H2,1-2H3,(H,22,27)(H,23,26). The Bertz CT molecular complexity index is 769. The molecule has 3 rings (SSSR count). The molecule has 0 aromatic heterocycles. The Morgan fingerprint density at radius 2 is 1.56 bits per heavy atom. The number of likely N-dealkylation sites (N-methyl/N-ethyl adjacent to an activating group) is 1. The van der Waals surface area contributed by atoms with Crippen LogP contribution in [0.1, 0.15) is 17.3 Å². The van der Waals surface area contributed by atoms with Gasteiger partial charge in [-0.25, -0.2) is 0 Å². The van der Waals surface area contributed by atoms with Gasteiger partial charge in [-0.1, -0.05) is 18.2 Å². The summed E-state index contributed by atoms with van der Waals surface area (Å²) in [6, 6.07) is 16.1. The second kappa shape index (κ2) is 8.68. The molecule has 2 aromatic rings. The summed E-state index contributed by atoms with van der Waals surface area (Å²) in [7, 11) is 2.13. The number of piperazine rings is 1. The van der Waals surface area contributed by atoms with E-state index in [4.69, 9.17) is 0 Å². The third-order valence-corrected chi connectivity index (χ3v) is 4.78. The first-order chi connectivity index (χ1) is 13.0. The molecule has 0 spiro atoms. The molecule has 1 unspecified atom stereocenters. The Labute approximate surface area is 160 Å². The second-order valence-electron chi connectivity index (χ2n) is 6.89. The van der Waals surface area contributed by atoms with Crippen LogP contribution >= 0.6 is 0 Å². The minimum atomic E-state index is -0.630. The van der Waals surface area contributed by atoms with E-state index in [2.05, 4.69) is 27.5 Å². The second-order valence-corrected chi connectivity index (χ2v) is 6.89. The number of rotatable bonds is 5. The first-order valence-electron chi connectivity index (χ1n) is 9.23. The van der Waals surface area contributed by atoms with E-state index in [9.17, 15) is 9.59 Å². The molecule has 1 atom stereocenters. The number of nitrogens with zero attached hydrogens (tertiary/aromatic N) is 2. The summed E-state index contributed by atoms with van der Waals surface area (Å²) >= 11 is 0. The van der Waals surface area contributed by atoms with E-state index in [0.717, 1.165) is 37.6 Å². The van der Waals surface area contributed by atoms with Crippen LogP contribution in [0.4, 0.5) is 11.4 Å². The van der Waals surface area contributed by atoms with Gasteiger partial charge in [-0.05, 0) is 50.4 Å². The van der Waals surface area contributed by atoms with Gasteiger partial charge in [-0.2, -0.15) is 0 Å². The van der Waals surface area contributed by atoms with E-state index in [0.29, 0.717) is 5.56 Å². The molecule has 1 saturated heterocycles. The normalized spacial score (nSPS) is 15.9. The van der Waals surface area contributed by atoms with Gasteiger partial charge >= 0.3 is 0 Å². The highest BCUT2D eigenvalue weighted by Crippen LogP contribution is 2.19. The predicted molar refractivity (Wildman–Crippen MR) is 108 cm³/mol. The molecule has 1 aliphatic rings. The number of carbonyl (C=O) groups is 2. The third-order valence-electron chi connectivity index (χ3n) is 4.78. The Hall–Kier alpha value is -2.86. The van der Waals surface area contributed by atoms with E-state index in [1.54, 1.807) is 31.2 Å². The molecule has 0 saturated carbocycles. The van der Waals surface area contributed by atoms with Gasteiger partial charge in [0.15, 0.2) is 0 Å². The fraction of sp³-hybridized carbons (Fsp3) is 0.333. The molecule has 0 radical (unpaired) electrons. The summed E-state index contributed by atoms with van der Waals surface area (Å²) in [5.74, 6) is -0.504. The zero-order valence-electron chi connectivity index (χ0n) is 15.8. The smallest absolute Gasteiger partial charge is 0.251 e. The maximum absolute atomic E-state index is 12.4. The lowest BCUT2D eigenvalue weighted by atomic mass is 10.2. The average molecular weight is 366 g/mol. The van der Waals surface area contributed by atoms with Gasteiger partial charge < -0.3 is 20.4 Å². The lowest BCUT2D eigenvalue weighted by Gasteiger charge is -2.34. The summed E-state index contributed by atoms with van der Waals surface area (Å²) in [6.07, 6.45) is 0. The number of hydrogen-bond acceptors (Lipinski definition) is 4. The summed E-state index contributed by atoms with van der Waals surface area (Å²) < 4.78 is 0. The highest BCUT2D eigenvalue weighted by molar-refractivity contribution is 6.00. The maximum atomic E-state index is 12.4. The molecule has 6 nitrogen and oxygen atoms in total. The number of nitrogens with one attached hydrogen (secondary N) is 2. The van der Waals surface area contributed by atoms with Crippen molar-refractivity contribution in [3.8, 4) is 0 Å². The van der Waals surface area contributed by atoms with E-state index < -0.39 is 6.04 Å². The third kappa shape index (κ3) is 5.08. The van der Waals surface area contributed by atoms with Crippen molar-refractivity contribution in [1.29, 1.82) is 0 Å². The van der Waals surface area contributed by atoms with Crippen molar-refractivity contribution in [2.75, 3.05) is 43.4 Å². The van der Waals surface area contributed by atoms with E-state index in [1.807, 2.05) is 30.3 Å². The van der Waals surface area contributed by atoms with E-state index in [-0.39, 0.29) is 11.8 Å². The minimum Gasteiger partial charge on any atom is -0.369 e. The molecule has 142 valence electrons.